The van der Waals surface area contributed by atoms with Crippen LogP contribution in [0.1, 0.15) is 6.92 Å². The lowest BCUT2D eigenvalue weighted by atomic mass is 10.3. The molecule has 1 N–H and O–H groups in total. The Bertz CT molecular complexity index is 722. The third-order valence-corrected chi connectivity index (χ3v) is 4.92. The maximum Gasteiger partial charge on any atom is 0.221 e. The van der Waals surface area contributed by atoms with E-state index in [1.807, 2.05) is 0 Å². The number of carbonyl (C=O) groups is 1. The molecule has 0 aliphatic rings. The summed E-state index contributed by atoms with van der Waals surface area (Å²) in [5.41, 5.74) is 0.562. The first kappa shape index (κ1) is 14.7. The van der Waals surface area contributed by atoms with Crippen molar-refractivity contribution in [2.45, 2.75) is 16.7 Å². The van der Waals surface area contributed by atoms with E-state index < -0.39 is 9.84 Å². The molecule has 0 radical (unpaired) electrons. The number of carbonyl (C=O) groups excluding carboxylic acids is 1. The molecule has 2 aromatic rings. The fourth-order valence-electron chi connectivity index (χ4n) is 1.67. The van der Waals surface area contributed by atoms with Crippen LogP contribution in [0.5, 0.6) is 0 Å². The molecule has 0 aliphatic carbocycles. The van der Waals surface area contributed by atoms with E-state index in [-0.39, 0.29) is 15.7 Å². The molecule has 0 bridgehead atoms. The number of rotatable bonds is 3. The van der Waals surface area contributed by atoms with Crippen molar-refractivity contribution in [1.29, 1.82) is 0 Å². The Morgan fingerprint density at radius 2 is 1.40 bits per heavy atom. The zero-order valence-electron chi connectivity index (χ0n) is 10.6. The molecule has 0 aliphatic heterocycles. The Morgan fingerprint density at radius 3 is 1.85 bits per heavy atom. The minimum atomic E-state index is -3.53. The molecule has 20 heavy (non-hydrogen) atoms. The molecule has 1 amide bonds. The number of halogens is 1. The van der Waals surface area contributed by atoms with Gasteiger partial charge in [-0.2, -0.15) is 0 Å². The van der Waals surface area contributed by atoms with Crippen molar-refractivity contribution < 1.29 is 13.2 Å². The number of benzene rings is 2. The summed E-state index contributed by atoms with van der Waals surface area (Å²) >= 11 is 3.27. The Hall–Kier alpha value is -1.66. The normalized spacial score (nSPS) is 11.1. The van der Waals surface area contributed by atoms with Gasteiger partial charge in [-0.3, -0.25) is 4.79 Å². The van der Waals surface area contributed by atoms with Crippen molar-refractivity contribution in [2.24, 2.45) is 0 Å². The minimum Gasteiger partial charge on any atom is -0.326 e. The van der Waals surface area contributed by atoms with Gasteiger partial charge < -0.3 is 5.32 Å². The zero-order chi connectivity index (χ0) is 14.8. The summed E-state index contributed by atoms with van der Waals surface area (Å²) in [6, 6.07) is 12.5. The van der Waals surface area contributed by atoms with E-state index in [1.54, 1.807) is 36.4 Å². The number of hydrogen-bond donors (Lipinski definition) is 1. The Morgan fingerprint density at radius 1 is 0.950 bits per heavy atom. The summed E-state index contributed by atoms with van der Waals surface area (Å²) in [6.07, 6.45) is 0. The second-order valence-corrected chi connectivity index (χ2v) is 7.03. The Kier molecular flexibility index (Phi) is 4.25. The highest BCUT2D eigenvalue weighted by molar-refractivity contribution is 9.10. The lowest BCUT2D eigenvalue weighted by molar-refractivity contribution is -0.114. The van der Waals surface area contributed by atoms with Crippen LogP contribution in [0.25, 0.3) is 0 Å². The highest BCUT2D eigenvalue weighted by atomic mass is 79.9. The second-order valence-electron chi connectivity index (χ2n) is 4.16. The third-order valence-electron chi connectivity index (χ3n) is 2.61. The first-order valence-electron chi connectivity index (χ1n) is 5.78. The van der Waals surface area contributed by atoms with E-state index in [9.17, 15) is 13.2 Å². The van der Waals surface area contributed by atoms with Crippen molar-refractivity contribution in [3.63, 3.8) is 0 Å². The molecule has 6 heteroatoms. The van der Waals surface area contributed by atoms with E-state index in [0.29, 0.717) is 5.69 Å². The van der Waals surface area contributed by atoms with Gasteiger partial charge in [0.05, 0.1) is 9.79 Å². The second kappa shape index (κ2) is 5.76. The van der Waals surface area contributed by atoms with Crippen molar-refractivity contribution in [1.82, 2.24) is 0 Å². The molecular weight excluding hydrogens is 342 g/mol. The van der Waals surface area contributed by atoms with Crippen LogP contribution in [-0.2, 0) is 14.6 Å². The largest absolute Gasteiger partial charge is 0.326 e. The van der Waals surface area contributed by atoms with Gasteiger partial charge in [0.2, 0.25) is 15.7 Å². The Balaban J connectivity index is 2.34. The van der Waals surface area contributed by atoms with Crippen LogP contribution in [0.4, 0.5) is 5.69 Å². The van der Waals surface area contributed by atoms with Gasteiger partial charge in [0.1, 0.15) is 0 Å². The smallest absolute Gasteiger partial charge is 0.221 e. The molecule has 104 valence electrons. The molecule has 0 spiro atoms. The van der Waals surface area contributed by atoms with Gasteiger partial charge in [-0.25, -0.2) is 8.42 Å². The lowest BCUT2D eigenvalue weighted by Gasteiger charge is -2.06. The van der Waals surface area contributed by atoms with Crippen molar-refractivity contribution >= 4 is 37.4 Å². The fourth-order valence-corrected chi connectivity index (χ4v) is 3.20. The topological polar surface area (TPSA) is 63.2 Å². The van der Waals surface area contributed by atoms with Crippen molar-refractivity contribution in [3.05, 3.63) is 53.0 Å². The van der Waals surface area contributed by atoms with Gasteiger partial charge in [0.15, 0.2) is 0 Å². The molecule has 0 fully saturated rings. The quantitative estimate of drug-likeness (QED) is 0.920. The predicted molar refractivity (Wildman–Crippen MR) is 80.3 cm³/mol. The summed E-state index contributed by atoms with van der Waals surface area (Å²) in [7, 11) is -3.53. The fraction of sp³-hybridized carbons (Fsp3) is 0.0714. The first-order chi connectivity index (χ1) is 9.39. The van der Waals surface area contributed by atoms with Crippen LogP contribution in [0, 0.1) is 0 Å². The SMILES string of the molecule is CC(=O)Nc1ccc(S(=O)(=O)c2ccc(Br)cc2)cc1. The molecule has 0 unspecified atom stereocenters. The zero-order valence-corrected chi connectivity index (χ0v) is 13.0. The van der Waals surface area contributed by atoms with Crippen molar-refractivity contribution in [3.8, 4) is 0 Å². The van der Waals surface area contributed by atoms with E-state index in [2.05, 4.69) is 21.2 Å². The molecule has 0 aromatic heterocycles. The van der Waals surface area contributed by atoms with Crippen LogP contribution in [0.2, 0.25) is 0 Å². The van der Waals surface area contributed by atoms with Crippen LogP contribution >= 0.6 is 15.9 Å². The molecule has 0 saturated carbocycles. The summed E-state index contributed by atoms with van der Waals surface area (Å²) in [5.74, 6) is -0.200. The molecule has 0 heterocycles. The van der Waals surface area contributed by atoms with Crippen molar-refractivity contribution in [2.75, 3.05) is 5.32 Å². The molecule has 2 rings (SSSR count). The summed E-state index contributed by atoms with van der Waals surface area (Å²) in [5, 5.41) is 2.59. The third kappa shape index (κ3) is 3.26. The van der Waals surface area contributed by atoms with Gasteiger partial charge >= 0.3 is 0 Å². The number of anilines is 1. The van der Waals surface area contributed by atoms with Crippen LogP contribution < -0.4 is 5.32 Å². The van der Waals surface area contributed by atoms with E-state index in [1.165, 1.54) is 19.1 Å². The summed E-state index contributed by atoms with van der Waals surface area (Å²) in [4.78, 5) is 11.3. The number of amides is 1. The first-order valence-corrected chi connectivity index (χ1v) is 8.05. The van der Waals surface area contributed by atoms with E-state index in [0.717, 1.165) is 4.47 Å². The van der Waals surface area contributed by atoms with E-state index >= 15 is 0 Å². The maximum absolute atomic E-state index is 12.4. The van der Waals surface area contributed by atoms with Gasteiger partial charge in [0, 0.05) is 17.1 Å². The summed E-state index contributed by atoms with van der Waals surface area (Å²) < 4.78 is 25.6. The average molecular weight is 354 g/mol. The lowest BCUT2D eigenvalue weighted by Crippen LogP contribution is -2.06. The molecule has 0 saturated heterocycles. The minimum absolute atomic E-state index is 0.189. The highest BCUT2D eigenvalue weighted by Crippen LogP contribution is 2.23. The number of hydrogen-bond acceptors (Lipinski definition) is 3. The van der Waals surface area contributed by atoms with Gasteiger partial charge in [-0.15, -0.1) is 0 Å². The number of sulfone groups is 1. The summed E-state index contributed by atoms with van der Waals surface area (Å²) in [6.45, 7) is 1.40. The average Bonchev–Trinajstić information content (AvgIpc) is 2.39. The molecule has 2 aromatic carbocycles. The van der Waals surface area contributed by atoms with Crippen LogP contribution in [-0.4, -0.2) is 14.3 Å². The monoisotopic (exact) mass is 353 g/mol. The van der Waals surface area contributed by atoms with Crippen LogP contribution in [0.3, 0.4) is 0 Å². The highest BCUT2D eigenvalue weighted by Gasteiger charge is 2.17. The maximum atomic E-state index is 12.4. The Labute approximate surface area is 125 Å². The molecular formula is C14H12BrNO3S. The predicted octanol–water partition coefficient (Wildman–Crippen LogP) is 3.24. The van der Waals surface area contributed by atoms with Gasteiger partial charge in [-0.05, 0) is 48.5 Å². The standard InChI is InChI=1S/C14H12BrNO3S/c1-10(17)16-12-4-8-14(9-5-12)20(18,19)13-6-2-11(15)3-7-13/h2-9H,1H3,(H,16,17). The van der Waals surface area contributed by atoms with Gasteiger partial charge in [0.25, 0.3) is 0 Å². The van der Waals surface area contributed by atoms with Gasteiger partial charge in [-0.1, -0.05) is 15.9 Å². The molecule has 0 atom stereocenters. The molecule has 4 nitrogen and oxygen atoms in total. The van der Waals surface area contributed by atoms with Crippen LogP contribution in [0.15, 0.2) is 62.8 Å². The van der Waals surface area contributed by atoms with E-state index in [4.69, 9.17) is 0 Å². The number of nitrogens with one attached hydrogen (secondary N) is 1.